The van der Waals surface area contributed by atoms with Gasteiger partial charge in [0.1, 0.15) is 11.5 Å². The molecule has 0 unspecified atom stereocenters. The lowest BCUT2D eigenvalue weighted by Gasteiger charge is -2.31. The summed E-state index contributed by atoms with van der Waals surface area (Å²) in [6, 6.07) is 15.1. The summed E-state index contributed by atoms with van der Waals surface area (Å²) in [6.07, 6.45) is 4.02. The predicted molar refractivity (Wildman–Crippen MR) is 105 cm³/mol. The summed E-state index contributed by atoms with van der Waals surface area (Å²) in [5, 5.41) is 9.92. The molecule has 7 heteroatoms. The fourth-order valence-electron chi connectivity index (χ4n) is 2.23. The van der Waals surface area contributed by atoms with Crippen LogP contribution >= 0.6 is 10.0 Å². The van der Waals surface area contributed by atoms with Gasteiger partial charge in [-0.2, -0.15) is 0 Å². The highest BCUT2D eigenvalue weighted by molar-refractivity contribution is 8.33. The number of ether oxygens (including phenoxy) is 1. The standard InChI is InChI=1S/C19H24N2O4S/c1-26(2,13-12-25-17-6-4-3-5-7-17)14-18(23)21(20)19(24)15-8-10-16(22)11-9-15/h3-11,22H,12-14,20H2,1-2H3. The minimum Gasteiger partial charge on any atom is -0.508 e. The molecule has 2 rings (SSSR count). The van der Waals surface area contributed by atoms with E-state index in [4.69, 9.17) is 10.6 Å². The number of aromatic hydroxyl groups is 1. The number of carbonyl (C=O) groups is 2. The smallest absolute Gasteiger partial charge is 0.274 e. The van der Waals surface area contributed by atoms with Gasteiger partial charge in [0, 0.05) is 11.3 Å². The van der Waals surface area contributed by atoms with Gasteiger partial charge in [0.15, 0.2) is 0 Å². The number of hydrogen-bond acceptors (Lipinski definition) is 5. The number of rotatable bonds is 7. The molecule has 3 N–H and O–H groups in total. The lowest BCUT2D eigenvalue weighted by molar-refractivity contribution is -0.126. The predicted octanol–water partition coefficient (Wildman–Crippen LogP) is 2.38. The Bertz CT molecular complexity index is 748. The highest BCUT2D eigenvalue weighted by Gasteiger charge is 2.24. The third kappa shape index (κ3) is 5.79. The molecule has 2 aromatic rings. The van der Waals surface area contributed by atoms with Crippen LogP contribution in [-0.4, -0.2) is 52.6 Å². The molecule has 0 fully saturated rings. The van der Waals surface area contributed by atoms with Crippen LogP contribution in [-0.2, 0) is 4.79 Å². The normalized spacial score (nSPS) is 11.7. The summed E-state index contributed by atoms with van der Waals surface area (Å²) in [7, 11) is -1.31. The minimum absolute atomic E-state index is 0.0421. The highest BCUT2D eigenvalue weighted by Crippen LogP contribution is 2.39. The van der Waals surface area contributed by atoms with E-state index in [0.29, 0.717) is 11.6 Å². The van der Waals surface area contributed by atoms with Crippen molar-refractivity contribution in [2.24, 2.45) is 5.84 Å². The Labute approximate surface area is 154 Å². The maximum Gasteiger partial charge on any atom is 0.274 e. The number of nitrogens with two attached hydrogens (primary N) is 1. The summed E-state index contributed by atoms with van der Waals surface area (Å²) in [5.41, 5.74) is 0.249. The molecule has 6 nitrogen and oxygen atoms in total. The Morgan fingerprint density at radius 1 is 1.08 bits per heavy atom. The Kier molecular flexibility index (Phi) is 6.65. The summed E-state index contributed by atoms with van der Waals surface area (Å²) in [6.45, 7) is 0.496. The second-order valence-electron chi connectivity index (χ2n) is 6.39. The maximum absolute atomic E-state index is 12.4. The average Bonchev–Trinajstić information content (AvgIpc) is 2.61. The molecule has 0 aromatic heterocycles. The quantitative estimate of drug-likeness (QED) is 0.440. The molecule has 0 aliphatic carbocycles. The topological polar surface area (TPSA) is 92.9 Å². The van der Waals surface area contributed by atoms with Gasteiger partial charge in [-0.05, 0) is 48.9 Å². The van der Waals surface area contributed by atoms with Gasteiger partial charge in [-0.3, -0.25) is 9.59 Å². The van der Waals surface area contributed by atoms with Gasteiger partial charge >= 0.3 is 0 Å². The highest BCUT2D eigenvalue weighted by atomic mass is 32.3. The molecule has 0 bridgehead atoms. The number of nitrogens with zero attached hydrogens (tertiary/aromatic N) is 1. The molecular formula is C19H24N2O4S. The van der Waals surface area contributed by atoms with Crippen LogP contribution in [0.2, 0.25) is 0 Å². The van der Waals surface area contributed by atoms with Crippen molar-refractivity contribution in [2.75, 3.05) is 30.6 Å². The first-order valence-electron chi connectivity index (χ1n) is 8.06. The number of hydrogen-bond donors (Lipinski definition) is 2. The molecule has 0 aliphatic heterocycles. The summed E-state index contributed by atoms with van der Waals surface area (Å²) >= 11 is 0. The van der Waals surface area contributed by atoms with Gasteiger partial charge < -0.3 is 9.84 Å². The zero-order valence-corrected chi connectivity index (χ0v) is 15.7. The van der Waals surface area contributed by atoms with Gasteiger partial charge in [0.05, 0.1) is 12.4 Å². The number of imide groups is 1. The average molecular weight is 376 g/mol. The molecule has 0 atom stereocenters. The maximum atomic E-state index is 12.4. The summed E-state index contributed by atoms with van der Waals surface area (Å²) in [4.78, 5) is 24.6. The largest absolute Gasteiger partial charge is 0.508 e. The molecular weight excluding hydrogens is 352 g/mol. The van der Waals surface area contributed by atoms with Crippen molar-refractivity contribution in [1.29, 1.82) is 0 Å². The minimum atomic E-state index is -1.31. The lowest BCUT2D eigenvalue weighted by atomic mass is 10.2. The summed E-state index contributed by atoms with van der Waals surface area (Å²) < 4.78 is 5.69. The molecule has 140 valence electrons. The van der Waals surface area contributed by atoms with E-state index >= 15 is 0 Å². The van der Waals surface area contributed by atoms with E-state index in [0.717, 1.165) is 11.5 Å². The number of phenolic OH excluding ortho intramolecular Hbond substituents is 1. The molecule has 2 aromatic carbocycles. The van der Waals surface area contributed by atoms with E-state index in [1.54, 1.807) is 0 Å². The van der Waals surface area contributed by atoms with E-state index in [-0.39, 0.29) is 17.1 Å². The SMILES string of the molecule is CS(C)(CCOc1ccccc1)CC(=O)N(N)C(=O)c1ccc(O)cc1. The van der Waals surface area contributed by atoms with Crippen molar-refractivity contribution >= 4 is 21.8 Å². The van der Waals surface area contributed by atoms with Crippen LogP contribution in [0.5, 0.6) is 11.5 Å². The van der Waals surface area contributed by atoms with Crippen molar-refractivity contribution in [3.8, 4) is 11.5 Å². The Morgan fingerprint density at radius 3 is 2.31 bits per heavy atom. The van der Waals surface area contributed by atoms with Gasteiger partial charge in [0.25, 0.3) is 11.8 Å². The number of benzene rings is 2. The van der Waals surface area contributed by atoms with Gasteiger partial charge in [-0.25, -0.2) is 20.9 Å². The molecule has 2 amide bonds. The van der Waals surface area contributed by atoms with Crippen molar-refractivity contribution in [3.63, 3.8) is 0 Å². The molecule has 0 radical (unpaired) electrons. The van der Waals surface area contributed by atoms with Crippen molar-refractivity contribution in [3.05, 3.63) is 60.2 Å². The van der Waals surface area contributed by atoms with Crippen LogP contribution < -0.4 is 10.6 Å². The monoisotopic (exact) mass is 376 g/mol. The Balaban J connectivity index is 1.87. The van der Waals surface area contributed by atoms with E-state index in [1.165, 1.54) is 24.3 Å². The van der Waals surface area contributed by atoms with E-state index in [2.05, 4.69) is 0 Å². The lowest BCUT2D eigenvalue weighted by Crippen LogP contribution is -2.45. The van der Waals surface area contributed by atoms with Crippen molar-refractivity contribution < 1.29 is 19.4 Å². The number of hydrazine groups is 1. The first-order valence-corrected chi connectivity index (χ1v) is 10.8. The number of amides is 2. The number of carbonyl (C=O) groups excluding carboxylic acids is 2. The Morgan fingerprint density at radius 2 is 1.69 bits per heavy atom. The fraction of sp³-hybridized carbons (Fsp3) is 0.263. The number of phenols is 1. The first-order chi connectivity index (χ1) is 12.3. The molecule has 26 heavy (non-hydrogen) atoms. The fourth-order valence-corrected chi connectivity index (χ4v) is 3.72. The molecule has 0 saturated carbocycles. The van der Waals surface area contributed by atoms with Gasteiger partial charge in [0.2, 0.25) is 0 Å². The molecule has 0 saturated heterocycles. The zero-order valence-electron chi connectivity index (χ0n) is 14.9. The van der Waals surface area contributed by atoms with Crippen LogP contribution in [0.3, 0.4) is 0 Å². The van der Waals surface area contributed by atoms with Crippen LogP contribution in [0.25, 0.3) is 0 Å². The third-order valence-electron chi connectivity index (χ3n) is 3.76. The summed E-state index contributed by atoms with van der Waals surface area (Å²) in [5.74, 6) is 6.44. The van der Waals surface area contributed by atoms with Crippen LogP contribution in [0.1, 0.15) is 10.4 Å². The van der Waals surface area contributed by atoms with Crippen LogP contribution in [0.4, 0.5) is 0 Å². The molecule has 0 aliphatic rings. The van der Waals surface area contributed by atoms with Gasteiger partial charge in [-0.1, -0.05) is 18.2 Å². The van der Waals surface area contributed by atoms with Crippen molar-refractivity contribution in [1.82, 2.24) is 5.01 Å². The Hall–Kier alpha value is -2.51. The molecule has 0 spiro atoms. The second-order valence-corrected chi connectivity index (χ2v) is 10.6. The van der Waals surface area contributed by atoms with Gasteiger partial charge in [-0.15, -0.1) is 0 Å². The van der Waals surface area contributed by atoms with Crippen LogP contribution in [0.15, 0.2) is 54.6 Å². The van der Waals surface area contributed by atoms with E-state index in [9.17, 15) is 14.7 Å². The van der Waals surface area contributed by atoms with Crippen molar-refractivity contribution in [2.45, 2.75) is 0 Å². The number of para-hydroxylation sites is 1. The second kappa shape index (κ2) is 8.73. The van der Waals surface area contributed by atoms with E-state index in [1.807, 2.05) is 42.8 Å². The van der Waals surface area contributed by atoms with E-state index < -0.39 is 21.8 Å². The van der Waals surface area contributed by atoms with Crippen LogP contribution in [0, 0.1) is 0 Å². The zero-order chi connectivity index (χ0) is 19.2. The third-order valence-corrected chi connectivity index (χ3v) is 6.06. The molecule has 0 heterocycles. The first kappa shape index (κ1) is 19.8.